The van der Waals surface area contributed by atoms with E-state index in [2.05, 4.69) is 35.5 Å². The van der Waals surface area contributed by atoms with Crippen LogP contribution in [0, 0.1) is 0 Å². The summed E-state index contributed by atoms with van der Waals surface area (Å²) in [4.78, 5) is 26.6. The van der Waals surface area contributed by atoms with Crippen molar-refractivity contribution in [1.82, 2.24) is 4.90 Å². The topological polar surface area (TPSA) is 69.6 Å². The summed E-state index contributed by atoms with van der Waals surface area (Å²) in [5.74, 6) is -1.14. The molecule has 0 aromatic heterocycles. The molecule has 2 heterocycles. The zero-order chi connectivity index (χ0) is 21.5. The Labute approximate surface area is 180 Å². The summed E-state index contributed by atoms with van der Waals surface area (Å²) in [6, 6.07) is 19.0. The maximum Gasteiger partial charge on any atom is 0.335 e. The molecular weight excluding hydrogens is 388 g/mol. The SMILES string of the molecule is CN1CCc2c(-c3ccccc3)cc3c(c2C1)NC(=O)C3=Cc1cccc(C(=O)O)c1. The fourth-order valence-electron chi connectivity index (χ4n) is 4.50. The highest BCUT2D eigenvalue weighted by Crippen LogP contribution is 2.43. The highest BCUT2D eigenvalue weighted by molar-refractivity contribution is 6.35. The van der Waals surface area contributed by atoms with Crippen LogP contribution in [0.15, 0.2) is 60.7 Å². The fraction of sp³-hybridized carbons (Fsp3) is 0.154. The van der Waals surface area contributed by atoms with E-state index in [1.807, 2.05) is 24.3 Å². The number of carboxylic acid groups (broad SMARTS) is 1. The van der Waals surface area contributed by atoms with Crippen LogP contribution in [0.2, 0.25) is 0 Å². The Morgan fingerprint density at radius 1 is 1.03 bits per heavy atom. The van der Waals surface area contributed by atoms with Crippen LogP contribution in [0.1, 0.15) is 32.6 Å². The zero-order valence-corrected chi connectivity index (χ0v) is 17.2. The number of anilines is 1. The van der Waals surface area contributed by atoms with Gasteiger partial charge in [0, 0.05) is 24.2 Å². The van der Waals surface area contributed by atoms with Gasteiger partial charge in [-0.15, -0.1) is 0 Å². The summed E-state index contributed by atoms with van der Waals surface area (Å²) in [5, 5.41) is 12.4. The first-order chi connectivity index (χ1) is 15.0. The molecule has 0 aliphatic carbocycles. The van der Waals surface area contributed by atoms with Gasteiger partial charge in [-0.2, -0.15) is 0 Å². The van der Waals surface area contributed by atoms with Crippen LogP contribution in [0.3, 0.4) is 0 Å². The Morgan fingerprint density at radius 2 is 1.84 bits per heavy atom. The van der Waals surface area contributed by atoms with Gasteiger partial charge < -0.3 is 15.3 Å². The van der Waals surface area contributed by atoms with Crippen molar-refractivity contribution in [2.45, 2.75) is 13.0 Å². The first kappa shape index (κ1) is 19.3. The van der Waals surface area contributed by atoms with E-state index < -0.39 is 5.97 Å². The second kappa shape index (κ2) is 7.52. The molecule has 0 spiro atoms. The number of benzene rings is 3. The maximum absolute atomic E-state index is 13.0. The van der Waals surface area contributed by atoms with E-state index in [0.717, 1.165) is 41.9 Å². The average molecular weight is 410 g/mol. The number of fused-ring (bicyclic) bond motifs is 3. The lowest BCUT2D eigenvalue weighted by molar-refractivity contribution is -0.110. The third kappa shape index (κ3) is 3.43. The molecular formula is C26H22N2O3. The molecule has 0 radical (unpaired) electrons. The summed E-state index contributed by atoms with van der Waals surface area (Å²) in [5.41, 5.74) is 7.95. The van der Waals surface area contributed by atoms with Crippen LogP contribution < -0.4 is 5.32 Å². The summed E-state index contributed by atoms with van der Waals surface area (Å²) < 4.78 is 0. The van der Waals surface area contributed by atoms with Crippen LogP contribution in [-0.2, 0) is 17.8 Å². The number of rotatable bonds is 3. The zero-order valence-electron chi connectivity index (χ0n) is 17.2. The number of nitrogens with zero attached hydrogens (tertiary/aromatic N) is 1. The van der Waals surface area contributed by atoms with Crippen molar-refractivity contribution < 1.29 is 14.7 Å². The molecule has 3 aromatic carbocycles. The molecule has 0 saturated carbocycles. The van der Waals surface area contributed by atoms with Gasteiger partial charge in [-0.3, -0.25) is 4.79 Å². The summed E-state index contributed by atoms with van der Waals surface area (Å²) in [7, 11) is 2.09. The van der Waals surface area contributed by atoms with Gasteiger partial charge in [-0.1, -0.05) is 42.5 Å². The molecule has 0 fully saturated rings. The normalized spacial score (nSPS) is 16.7. The molecule has 0 unspecified atom stereocenters. The number of carbonyl (C=O) groups excluding carboxylic acids is 1. The molecule has 5 heteroatoms. The molecule has 0 bridgehead atoms. The van der Waals surface area contributed by atoms with Crippen molar-refractivity contribution in [2.75, 3.05) is 18.9 Å². The predicted octanol–water partition coefficient (Wildman–Crippen LogP) is 4.53. The molecule has 3 aromatic rings. The number of nitrogens with one attached hydrogen (secondary N) is 1. The van der Waals surface area contributed by atoms with Gasteiger partial charge in [0.05, 0.1) is 11.3 Å². The molecule has 0 saturated heterocycles. The molecule has 2 aliphatic heterocycles. The van der Waals surface area contributed by atoms with Gasteiger partial charge in [0.2, 0.25) is 0 Å². The quantitative estimate of drug-likeness (QED) is 0.623. The average Bonchev–Trinajstić information content (AvgIpc) is 3.09. The van der Waals surface area contributed by atoms with E-state index in [9.17, 15) is 14.7 Å². The first-order valence-electron chi connectivity index (χ1n) is 10.3. The third-order valence-electron chi connectivity index (χ3n) is 6.02. The second-order valence-corrected chi connectivity index (χ2v) is 8.10. The lowest BCUT2D eigenvalue weighted by atomic mass is 9.86. The monoisotopic (exact) mass is 410 g/mol. The molecule has 31 heavy (non-hydrogen) atoms. The number of likely N-dealkylation sites (N-methyl/N-ethyl adjacent to an activating group) is 1. The van der Waals surface area contributed by atoms with Crippen LogP contribution in [0.4, 0.5) is 5.69 Å². The van der Waals surface area contributed by atoms with Crippen molar-refractivity contribution in [1.29, 1.82) is 0 Å². The Morgan fingerprint density at radius 3 is 2.61 bits per heavy atom. The second-order valence-electron chi connectivity index (χ2n) is 8.10. The van der Waals surface area contributed by atoms with E-state index in [0.29, 0.717) is 11.1 Å². The van der Waals surface area contributed by atoms with Gasteiger partial charge in [-0.05, 0) is 65.6 Å². The Bertz CT molecular complexity index is 1250. The van der Waals surface area contributed by atoms with E-state index in [1.165, 1.54) is 11.1 Å². The van der Waals surface area contributed by atoms with Gasteiger partial charge in [0.15, 0.2) is 0 Å². The Balaban J connectivity index is 1.70. The number of hydrogen-bond acceptors (Lipinski definition) is 3. The van der Waals surface area contributed by atoms with Crippen molar-refractivity contribution in [3.05, 3.63) is 88.5 Å². The van der Waals surface area contributed by atoms with Crippen LogP contribution >= 0.6 is 0 Å². The Hall–Kier alpha value is -3.70. The third-order valence-corrected chi connectivity index (χ3v) is 6.02. The van der Waals surface area contributed by atoms with Gasteiger partial charge >= 0.3 is 5.97 Å². The van der Waals surface area contributed by atoms with Gasteiger partial charge in [-0.25, -0.2) is 4.79 Å². The van der Waals surface area contributed by atoms with E-state index >= 15 is 0 Å². The van der Waals surface area contributed by atoms with Crippen molar-refractivity contribution in [3.8, 4) is 11.1 Å². The standard InChI is InChI=1S/C26H22N2O3/c1-28-11-10-19-20(17-7-3-2-4-8-17)14-21-22(25(29)27-24(21)23(19)15-28)13-16-6-5-9-18(12-16)26(30)31/h2-9,12-14H,10-11,15H2,1H3,(H,27,29)(H,30,31). The number of amides is 1. The van der Waals surface area contributed by atoms with Crippen LogP contribution in [0.5, 0.6) is 0 Å². The minimum Gasteiger partial charge on any atom is -0.478 e. The van der Waals surface area contributed by atoms with Gasteiger partial charge in [0.25, 0.3) is 5.91 Å². The molecule has 5 nitrogen and oxygen atoms in total. The largest absolute Gasteiger partial charge is 0.478 e. The van der Waals surface area contributed by atoms with Crippen LogP contribution in [-0.4, -0.2) is 35.5 Å². The number of aromatic carboxylic acids is 1. The lowest BCUT2D eigenvalue weighted by Gasteiger charge is -2.29. The highest BCUT2D eigenvalue weighted by atomic mass is 16.4. The van der Waals surface area contributed by atoms with E-state index in [4.69, 9.17) is 0 Å². The molecule has 2 N–H and O–H groups in total. The number of carbonyl (C=O) groups is 2. The number of hydrogen-bond donors (Lipinski definition) is 2. The predicted molar refractivity (Wildman–Crippen MR) is 122 cm³/mol. The lowest BCUT2D eigenvalue weighted by Crippen LogP contribution is -2.27. The minimum atomic E-state index is -0.986. The summed E-state index contributed by atoms with van der Waals surface area (Å²) in [6.45, 7) is 1.75. The maximum atomic E-state index is 13.0. The fourth-order valence-corrected chi connectivity index (χ4v) is 4.50. The van der Waals surface area contributed by atoms with Crippen molar-refractivity contribution >= 4 is 29.2 Å². The van der Waals surface area contributed by atoms with Crippen molar-refractivity contribution in [3.63, 3.8) is 0 Å². The number of carboxylic acids is 1. The summed E-state index contributed by atoms with van der Waals surface area (Å²) in [6.07, 6.45) is 2.71. The van der Waals surface area contributed by atoms with Crippen molar-refractivity contribution in [2.24, 2.45) is 0 Å². The molecule has 2 aliphatic rings. The van der Waals surface area contributed by atoms with E-state index in [-0.39, 0.29) is 11.5 Å². The first-order valence-corrected chi connectivity index (χ1v) is 10.3. The molecule has 0 atom stereocenters. The smallest absolute Gasteiger partial charge is 0.335 e. The van der Waals surface area contributed by atoms with Crippen LogP contribution in [0.25, 0.3) is 22.8 Å². The molecule has 5 rings (SSSR count). The molecule has 154 valence electrons. The minimum absolute atomic E-state index is 0.156. The van der Waals surface area contributed by atoms with Gasteiger partial charge in [0.1, 0.15) is 0 Å². The Kier molecular flexibility index (Phi) is 4.68. The summed E-state index contributed by atoms with van der Waals surface area (Å²) >= 11 is 0. The van der Waals surface area contributed by atoms with E-state index in [1.54, 1.807) is 24.3 Å². The highest BCUT2D eigenvalue weighted by Gasteiger charge is 2.31. The molecule has 1 amide bonds.